The Hall–Kier alpha value is 0.110. The Morgan fingerprint density at radius 2 is 2.00 bits per heavy atom. The van der Waals surface area contributed by atoms with E-state index < -0.39 is 12.9 Å². The van der Waals surface area contributed by atoms with Gasteiger partial charge in [-0.25, -0.2) is 0 Å². The third-order valence-corrected chi connectivity index (χ3v) is 5.85. The first kappa shape index (κ1) is 11.6. The lowest BCUT2D eigenvalue weighted by atomic mass is 10.0. The van der Waals surface area contributed by atoms with Gasteiger partial charge >= 0.3 is 7.60 Å². The molecule has 5 heteroatoms. The Labute approximate surface area is 90.8 Å². The summed E-state index contributed by atoms with van der Waals surface area (Å²) in [6.45, 7) is 4.50. The fourth-order valence-corrected chi connectivity index (χ4v) is 4.76. The van der Waals surface area contributed by atoms with Crippen LogP contribution < -0.4 is 0 Å². The van der Waals surface area contributed by atoms with Crippen LogP contribution in [0, 0.1) is 0 Å². The van der Waals surface area contributed by atoms with Gasteiger partial charge in [-0.15, -0.1) is 0 Å². The fraction of sp³-hybridized carbons (Fsp3) is 1.00. The van der Waals surface area contributed by atoms with E-state index in [1.54, 1.807) is 0 Å². The third kappa shape index (κ3) is 1.78. The van der Waals surface area contributed by atoms with Crippen LogP contribution in [0.4, 0.5) is 0 Å². The minimum Gasteiger partial charge on any atom is -0.353 e. The summed E-state index contributed by atoms with van der Waals surface area (Å²) in [6, 6.07) is 0. The monoisotopic (exact) mass is 234 g/mol. The Balaban J connectivity index is 2.14. The molecule has 1 saturated carbocycles. The van der Waals surface area contributed by atoms with Gasteiger partial charge in [-0.2, -0.15) is 0 Å². The predicted molar refractivity (Wildman–Crippen MR) is 56.9 cm³/mol. The van der Waals surface area contributed by atoms with E-state index in [0.717, 1.165) is 25.7 Å². The van der Waals surface area contributed by atoms with E-state index in [1.165, 1.54) is 0 Å². The summed E-state index contributed by atoms with van der Waals surface area (Å²) in [5.74, 6) is 0. The molecule has 2 atom stereocenters. The van der Waals surface area contributed by atoms with Crippen molar-refractivity contribution in [1.29, 1.82) is 0 Å². The lowest BCUT2D eigenvalue weighted by Crippen LogP contribution is -2.22. The van der Waals surface area contributed by atoms with Crippen molar-refractivity contribution in [3.05, 3.63) is 0 Å². The van der Waals surface area contributed by atoms with Crippen LogP contribution in [-0.4, -0.2) is 24.7 Å². The summed E-state index contributed by atoms with van der Waals surface area (Å²) in [7, 11) is -3.05. The smallest absolute Gasteiger partial charge is 0.353 e. The minimum absolute atomic E-state index is 0.107. The standard InChI is InChI=1S/C10H19O4P/c1-3-12-15(11,13-4-2)10-8-6-5-7-9(10)14-10/h9H,3-8H2,1-2H3. The summed E-state index contributed by atoms with van der Waals surface area (Å²) in [5.41, 5.74) is 0. The second-order valence-corrected chi connectivity index (χ2v) is 6.30. The lowest BCUT2D eigenvalue weighted by molar-refractivity contribution is 0.184. The lowest BCUT2D eigenvalue weighted by Gasteiger charge is -2.26. The molecule has 0 amide bonds. The van der Waals surface area contributed by atoms with Crippen molar-refractivity contribution in [2.24, 2.45) is 0 Å². The van der Waals surface area contributed by atoms with Gasteiger partial charge in [0.25, 0.3) is 0 Å². The van der Waals surface area contributed by atoms with Crippen molar-refractivity contribution in [2.75, 3.05) is 13.2 Å². The Kier molecular flexibility index (Phi) is 3.22. The van der Waals surface area contributed by atoms with Crippen molar-refractivity contribution in [3.8, 4) is 0 Å². The normalized spacial score (nSPS) is 34.9. The predicted octanol–water partition coefficient (Wildman–Crippen LogP) is 2.92. The SMILES string of the molecule is CCOP(=O)(OCC)C12CCCCC1O2. The highest BCUT2D eigenvalue weighted by Crippen LogP contribution is 2.73. The van der Waals surface area contributed by atoms with Crippen molar-refractivity contribution in [3.63, 3.8) is 0 Å². The molecule has 0 radical (unpaired) electrons. The van der Waals surface area contributed by atoms with E-state index in [2.05, 4.69) is 0 Å². The van der Waals surface area contributed by atoms with Crippen LogP contribution in [0.15, 0.2) is 0 Å². The average Bonchev–Trinajstić information content (AvgIpc) is 2.94. The zero-order valence-electron chi connectivity index (χ0n) is 9.40. The zero-order valence-corrected chi connectivity index (χ0v) is 10.3. The maximum atomic E-state index is 12.6. The molecule has 0 bridgehead atoms. The molecule has 2 aliphatic rings. The van der Waals surface area contributed by atoms with Gasteiger partial charge in [0, 0.05) is 0 Å². The topological polar surface area (TPSA) is 48.1 Å². The second kappa shape index (κ2) is 4.17. The van der Waals surface area contributed by atoms with Gasteiger partial charge in [0.15, 0.2) is 5.34 Å². The van der Waals surface area contributed by atoms with Crippen LogP contribution >= 0.6 is 7.60 Å². The first-order chi connectivity index (χ1) is 7.18. The average molecular weight is 234 g/mol. The van der Waals surface area contributed by atoms with Crippen molar-refractivity contribution < 1.29 is 18.3 Å². The molecule has 2 rings (SSSR count). The molecule has 0 N–H and O–H groups in total. The van der Waals surface area contributed by atoms with Crippen molar-refractivity contribution in [1.82, 2.24) is 0 Å². The molecule has 1 aliphatic heterocycles. The molecule has 15 heavy (non-hydrogen) atoms. The molecular formula is C10H19O4P. The zero-order chi connectivity index (χ0) is 10.9. The van der Waals surface area contributed by atoms with Gasteiger partial charge in [-0.3, -0.25) is 4.57 Å². The van der Waals surface area contributed by atoms with E-state index in [-0.39, 0.29) is 6.10 Å². The molecule has 4 nitrogen and oxygen atoms in total. The van der Waals surface area contributed by atoms with Gasteiger partial charge in [-0.1, -0.05) is 6.42 Å². The molecule has 1 aliphatic carbocycles. The largest absolute Gasteiger partial charge is 0.364 e. The van der Waals surface area contributed by atoms with Crippen LogP contribution in [0.25, 0.3) is 0 Å². The number of hydrogen-bond donors (Lipinski definition) is 0. The van der Waals surface area contributed by atoms with E-state index in [9.17, 15) is 4.57 Å². The molecule has 0 aromatic heterocycles. The van der Waals surface area contributed by atoms with Crippen LogP contribution in [-0.2, 0) is 18.3 Å². The molecule has 1 heterocycles. The maximum absolute atomic E-state index is 12.6. The van der Waals surface area contributed by atoms with Crippen molar-refractivity contribution >= 4 is 7.60 Å². The second-order valence-electron chi connectivity index (χ2n) is 4.03. The Bertz CT molecular complexity index is 271. The van der Waals surface area contributed by atoms with Crippen molar-refractivity contribution in [2.45, 2.75) is 51.0 Å². The minimum atomic E-state index is -3.05. The molecular weight excluding hydrogens is 215 g/mol. The van der Waals surface area contributed by atoms with Crippen LogP contribution in [0.3, 0.4) is 0 Å². The highest BCUT2D eigenvalue weighted by atomic mass is 31.2. The third-order valence-electron chi connectivity index (χ3n) is 3.11. The fourth-order valence-electron chi connectivity index (χ4n) is 2.40. The van der Waals surface area contributed by atoms with Gasteiger partial charge in [0.05, 0.1) is 19.3 Å². The number of epoxide rings is 1. The van der Waals surface area contributed by atoms with E-state index in [1.807, 2.05) is 13.8 Å². The van der Waals surface area contributed by atoms with E-state index in [0.29, 0.717) is 13.2 Å². The molecule has 1 saturated heterocycles. The van der Waals surface area contributed by atoms with E-state index >= 15 is 0 Å². The van der Waals surface area contributed by atoms with Gasteiger partial charge in [-0.05, 0) is 33.1 Å². The summed E-state index contributed by atoms with van der Waals surface area (Å²) in [6.07, 6.45) is 4.12. The van der Waals surface area contributed by atoms with Gasteiger partial charge in [0.1, 0.15) is 0 Å². The first-order valence-electron chi connectivity index (χ1n) is 5.75. The first-order valence-corrected chi connectivity index (χ1v) is 7.30. The molecule has 88 valence electrons. The maximum Gasteiger partial charge on any atom is 0.364 e. The quantitative estimate of drug-likeness (QED) is 0.542. The van der Waals surface area contributed by atoms with Gasteiger partial charge < -0.3 is 13.8 Å². The molecule has 2 unspecified atom stereocenters. The Morgan fingerprint density at radius 1 is 1.33 bits per heavy atom. The highest BCUT2D eigenvalue weighted by Gasteiger charge is 2.70. The Morgan fingerprint density at radius 3 is 2.53 bits per heavy atom. The summed E-state index contributed by atoms with van der Waals surface area (Å²) in [5, 5.41) is -0.586. The number of fused-ring (bicyclic) bond motifs is 1. The van der Waals surface area contributed by atoms with Gasteiger partial charge in [0.2, 0.25) is 0 Å². The summed E-state index contributed by atoms with van der Waals surface area (Å²) >= 11 is 0. The van der Waals surface area contributed by atoms with Crippen LogP contribution in [0.2, 0.25) is 0 Å². The molecule has 0 aromatic rings. The summed E-state index contributed by atoms with van der Waals surface area (Å²) in [4.78, 5) is 0. The number of rotatable bonds is 5. The number of ether oxygens (including phenoxy) is 1. The summed E-state index contributed by atoms with van der Waals surface area (Å²) < 4.78 is 28.9. The van der Waals surface area contributed by atoms with Crippen LogP contribution in [0.1, 0.15) is 39.5 Å². The number of hydrogen-bond acceptors (Lipinski definition) is 4. The molecule has 0 aromatic carbocycles. The molecule has 2 fully saturated rings. The molecule has 0 spiro atoms. The van der Waals surface area contributed by atoms with E-state index in [4.69, 9.17) is 13.8 Å². The van der Waals surface area contributed by atoms with Crippen LogP contribution in [0.5, 0.6) is 0 Å². The highest BCUT2D eigenvalue weighted by molar-refractivity contribution is 7.55.